The summed E-state index contributed by atoms with van der Waals surface area (Å²) in [7, 11) is -3.32. The number of hydrogen-bond acceptors (Lipinski definition) is 6. The number of sulfone groups is 1. The molecule has 1 saturated heterocycles. The van der Waals surface area contributed by atoms with Crippen LogP contribution in [0.25, 0.3) is 0 Å². The summed E-state index contributed by atoms with van der Waals surface area (Å²) in [5.41, 5.74) is 0.485. The molecule has 0 radical (unpaired) electrons. The van der Waals surface area contributed by atoms with Crippen molar-refractivity contribution in [3.8, 4) is 0 Å². The Morgan fingerprint density at radius 3 is 2.80 bits per heavy atom. The van der Waals surface area contributed by atoms with Gasteiger partial charge in [-0.3, -0.25) is 4.79 Å². The maximum Gasteiger partial charge on any atom is 0.275 e. The van der Waals surface area contributed by atoms with E-state index in [1.165, 1.54) is 12.3 Å². The van der Waals surface area contributed by atoms with Crippen molar-refractivity contribution in [2.45, 2.75) is 31.8 Å². The molecular weight excluding hydrogens is 431 g/mol. The summed E-state index contributed by atoms with van der Waals surface area (Å²) >= 11 is 6.32. The molecule has 0 aliphatic carbocycles. The lowest BCUT2D eigenvalue weighted by molar-refractivity contribution is 0.0936. The largest absolute Gasteiger partial charge is 0.348 e. The van der Waals surface area contributed by atoms with Gasteiger partial charge in [0.25, 0.3) is 5.91 Å². The molecule has 0 spiro atoms. The summed E-state index contributed by atoms with van der Waals surface area (Å²) in [6, 6.07) is 6.82. The fraction of sp³-hybridized carbons (Fsp3) is 0.350. The van der Waals surface area contributed by atoms with Crippen LogP contribution in [0.5, 0.6) is 0 Å². The van der Waals surface area contributed by atoms with E-state index in [1.54, 1.807) is 6.92 Å². The minimum atomic E-state index is -3.32. The first-order valence-electron chi connectivity index (χ1n) is 9.38. The van der Waals surface area contributed by atoms with Gasteiger partial charge in [-0.25, -0.2) is 13.4 Å². The van der Waals surface area contributed by atoms with Crippen LogP contribution in [0.2, 0.25) is 5.02 Å². The van der Waals surface area contributed by atoms with Crippen LogP contribution in [-0.2, 0) is 9.84 Å². The molecule has 0 saturated carbocycles. The first-order valence-corrected chi connectivity index (χ1v) is 11.7. The van der Waals surface area contributed by atoms with Crippen LogP contribution in [-0.4, -0.2) is 43.1 Å². The molecule has 2 heterocycles. The Morgan fingerprint density at radius 2 is 2.13 bits per heavy atom. The average molecular weight is 453 g/mol. The van der Waals surface area contributed by atoms with E-state index >= 15 is 0 Å². The molecule has 0 bridgehead atoms. The van der Waals surface area contributed by atoms with Crippen LogP contribution < -0.4 is 10.2 Å². The normalized spacial score (nSPS) is 18.0. The Hall–Kier alpha value is -2.52. The van der Waals surface area contributed by atoms with Crippen LogP contribution >= 0.6 is 11.6 Å². The van der Waals surface area contributed by atoms with E-state index in [4.69, 9.17) is 11.6 Å². The molecule has 1 unspecified atom stereocenters. The van der Waals surface area contributed by atoms with Gasteiger partial charge in [-0.1, -0.05) is 35.9 Å². The van der Waals surface area contributed by atoms with E-state index in [1.807, 2.05) is 29.2 Å². The van der Waals surface area contributed by atoms with Crippen LogP contribution in [0.3, 0.4) is 0 Å². The van der Waals surface area contributed by atoms with Crippen molar-refractivity contribution in [3.63, 3.8) is 0 Å². The summed E-state index contributed by atoms with van der Waals surface area (Å²) < 4.78 is 36.9. The van der Waals surface area contributed by atoms with Crippen molar-refractivity contribution in [3.05, 3.63) is 64.2 Å². The van der Waals surface area contributed by atoms with Gasteiger partial charge in [0.2, 0.25) is 5.95 Å². The lowest BCUT2D eigenvalue weighted by Crippen LogP contribution is -2.33. The molecule has 1 aromatic carbocycles. The molecule has 1 aromatic heterocycles. The molecule has 160 valence electrons. The number of anilines is 1. The van der Waals surface area contributed by atoms with Crippen molar-refractivity contribution in [2.24, 2.45) is 0 Å². The topological polar surface area (TPSA) is 92.3 Å². The SMILES string of the molecule is C[C@H](/C=C/S(C)(=O)=O)NC(=O)c1ncc(N2CCCC2c2ccccc2Cl)nc1F. The van der Waals surface area contributed by atoms with Crippen LogP contribution in [0, 0.1) is 5.95 Å². The molecule has 10 heteroatoms. The van der Waals surface area contributed by atoms with Gasteiger partial charge in [0.05, 0.1) is 12.2 Å². The molecule has 30 heavy (non-hydrogen) atoms. The summed E-state index contributed by atoms with van der Waals surface area (Å²) in [5.74, 6) is -1.44. The second-order valence-electron chi connectivity index (χ2n) is 7.16. The fourth-order valence-electron chi connectivity index (χ4n) is 3.34. The van der Waals surface area contributed by atoms with Crippen LogP contribution in [0.15, 0.2) is 41.9 Å². The monoisotopic (exact) mass is 452 g/mol. The number of nitrogens with one attached hydrogen (secondary N) is 1. The van der Waals surface area contributed by atoms with E-state index in [0.29, 0.717) is 17.4 Å². The number of hydrogen-bond donors (Lipinski definition) is 1. The maximum atomic E-state index is 14.6. The van der Waals surface area contributed by atoms with Crippen molar-refractivity contribution >= 4 is 33.2 Å². The highest BCUT2D eigenvalue weighted by Crippen LogP contribution is 2.38. The molecule has 2 aromatic rings. The summed E-state index contributed by atoms with van der Waals surface area (Å²) in [6.45, 7) is 2.24. The lowest BCUT2D eigenvalue weighted by atomic mass is 10.0. The lowest BCUT2D eigenvalue weighted by Gasteiger charge is -2.26. The van der Waals surface area contributed by atoms with Crippen molar-refractivity contribution < 1.29 is 17.6 Å². The Morgan fingerprint density at radius 1 is 1.40 bits per heavy atom. The van der Waals surface area contributed by atoms with Crippen molar-refractivity contribution in [1.29, 1.82) is 0 Å². The van der Waals surface area contributed by atoms with Gasteiger partial charge in [0, 0.05) is 29.3 Å². The number of rotatable bonds is 6. The quantitative estimate of drug-likeness (QED) is 0.723. The average Bonchev–Trinajstić information content (AvgIpc) is 3.15. The maximum absolute atomic E-state index is 14.6. The number of benzene rings is 1. The second kappa shape index (κ2) is 9.09. The highest BCUT2D eigenvalue weighted by molar-refractivity contribution is 7.93. The van der Waals surface area contributed by atoms with Gasteiger partial charge in [0.15, 0.2) is 21.3 Å². The number of carbonyl (C=O) groups excluding carboxylic acids is 1. The summed E-state index contributed by atoms with van der Waals surface area (Å²) in [5, 5.41) is 4.09. The minimum Gasteiger partial charge on any atom is -0.348 e. The third-order valence-corrected chi connectivity index (χ3v) is 5.71. The Bertz CT molecular complexity index is 1080. The van der Waals surface area contributed by atoms with Gasteiger partial charge in [0.1, 0.15) is 0 Å². The molecule has 2 atom stereocenters. The number of aromatic nitrogens is 2. The molecule has 1 amide bonds. The molecule has 1 aliphatic rings. The van der Waals surface area contributed by atoms with Gasteiger partial charge in [-0.05, 0) is 31.4 Å². The first kappa shape index (κ1) is 22.2. The molecule has 1 fully saturated rings. The van der Waals surface area contributed by atoms with E-state index in [2.05, 4.69) is 15.3 Å². The predicted octanol–water partition coefficient (Wildman–Crippen LogP) is 3.29. The van der Waals surface area contributed by atoms with Crippen molar-refractivity contribution in [1.82, 2.24) is 15.3 Å². The molecule has 3 rings (SSSR count). The van der Waals surface area contributed by atoms with Gasteiger partial charge in [-0.2, -0.15) is 9.37 Å². The van der Waals surface area contributed by atoms with E-state index in [-0.39, 0.29) is 6.04 Å². The highest BCUT2D eigenvalue weighted by Gasteiger charge is 2.30. The van der Waals surface area contributed by atoms with Gasteiger partial charge < -0.3 is 10.2 Å². The number of amides is 1. The zero-order valence-electron chi connectivity index (χ0n) is 16.5. The molecule has 1 aliphatic heterocycles. The van der Waals surface area contributed by atoms with Crippen LogP contribution in [0.4, 0.5) is 10.2 Å². The highest BCUT2D eigenvalue weighted by atomic mass is 35.5. The zero-order valence-corrected chi connectivity index (χ0v) is 18.1. The fourth-order valence-corrected chi connectivity index (χ4v) is 4.12. The van der Waals surface area contributed by atoms with Gasteiger partial charge in [-0.15, -0.1) is 0 Å². The standard InChI is InChI=1S/C20H22ClFN4O3S/c1-13(9-11-30(2,28)29)24-20(27)18-19(22)25-17(12-23-18)26-10-5-8-16(26)14-6-3-4-7-15(14)21/h3-4,6-7,9,11-13,16H,5,8,10H2,1-2H3,(H,24,27)/b11-9+/t13-,16?/m1/s1. The van der Waals surface area contributed by atoms with E-state index in [9.17, 15) is 17.6 Å². The smallest absolute Gasteiger partial charge is 0.275 e. The Balaban J connectivity index is 1.77. The molecule has 1 N–H and O–H groups in total. The van der Waals surface area contributed by atoms with Crippen molar-refractivity contribution in [2.75, 3.05) is 17.7 Å². The minimum absolute atomic E-state index is 0.0479. The Kier molecular flexibility index (Phi) is 6.72. The first-order chi connectivity index (χ1) is 14.2. The summed E-state index contributed by atoms with van der Waals surface area (Å²) in [4.78, 5) is 22.1. The Labute approximate surface area is 179 Å². The van der Waals surface area contributed by atoms with Gasteiger partial charge >= 0.3 is 0 Å². The second-order valence-corrected chi connectivity index (χ2v) is 9.50. The van der Waals surface area contributed by atoms with E-state index < -0.39 is 33.4 Å². The summed E-state index contributed by atoms with van der Waals surface area (Å²) in [6.07, 6.45) is 5.44. The third-order valence-electron chi connectivity index (χ3n) is 4.72. The number of carbonyl (C=O) groups is 1. The molecular formula is C20H22ClFN4O3S. The van der Waals surface area contributed by atoms with Crippen LogP contribution in [0.1, 0.15) is 41.9 Å². The zero-order chi connectivity index (χ0) is 21.9. The number of nitrogens with zero attached hydrogens (tertiary/aromatic N) is 3. The predicted molar refractivity (Wildman–Crippen MR) is 114 cm³/mol. The molecule has 7 nitrogen and oxygen atoms in total. The van der Waals surface area contributed by atoms with E-state index in [0.717, 1.165) is 30.1 Å². The third kappa shape index (κ3) is 5.34. The number of halogens is 2.